The van der Waals surface area contributed by atoms with Crippen molar-refractivity contribution in [1.29, 1.82) is 0 Å². The second-order valence-corrected chi connectivity index (χ2v) is 9.67. The molecular weight excluding hydrogens is 429 g/mol. The van der Waals surface area contributed by atoms with E-state index >= 15 is 0 Å². The molecule has 3 rings (SSSR count). The van der Waals surface area contributed by atoms with Crippen molar-refractivity contribution in [3.05, 3.63) is 58.9 Å². The van der Waals surface area contributed by atoms with E-state index in [2.05, 4.69) is 10.6 Å². The Morgan fingerprint density at radius 1 is 1.13 bits per heavy atom. The third-order valence-electron chi connectivity index (χ3n) is 5.07. The summed E-state index contributed by atoms with van der Waals surface area (Å²) in [5.74, 6) is -0.676. The summed E-state index contributed by atoms with van der Waals surface area (Å²) >= 11 is 6.19. The van der Waals surface area contributed by atoms with Crippen molar-refractivity contribution >= 4 is 33.2 Å². The molecule has 0 radical (unpaired) electrons. The van der Waals surface area contributed by atoms with Gasteiger partial charge in [-0.2, -0.15) is 4.31 Å². The second-order valence-electron chi connectivity index (χ2n) is 7.32. The van der Waals surface area contributed by atoms with E-state index in [1.165, 1.54) is 34.6 Å². The van der Waals surface area contributed by atoms with Crippen molar-refractivity contribution in [3.8, 4) is 0 Å². The van der Waals surface area contributed by atoms with Crippen LogP contribution in [0.25, 0.3) is 0 Å². The third kappa shape index (κ3) is 5.57. The van der Waals surface area contributed by atoms with Crippen LogP contribution in [-0.2, 0) is 21.4 Å². The first kappa shape index (κ1) is 22.7. The van der Waals surface area contributed by atoms with Gasteiger partial charge in [0.15, 0.2) is 0 Å². The van der Waals surface area contributed by atoms with Crippen LogP contribution in [0.2, 0.25) is 5.02 Å². The molecule has 1 aliphatic rings. The Bertz CT molecular complexity index is 993. The molecule has 0 saturated carbocycles. The standard InChI is InChI=1S/C21H25ClFN3O3S/c1-15(24-14-16-5-7-17(23)8-6-16)21(27)25-20-13-18(9-10-19(20)22)30(28,29)26-11-3-2-4-12-26/h5-10,13,15,24H,2-4,11-12,14H2,1H3,(H,25,27)/t15-/m0/s1. The molecule has 1 fully saturated rings. The van der Waals surface area contributed by atoms with Gasteiger partial charge in [0.05, 0.1) is 21.6 Å². The number of nitrogens with zero attached hydrogens (tertiary/aromatic N) is 1. The van der Waals surface area contributed by atoms with Gasteiger partial charge in [0.2, 0.25) is 15.9 Å². The molecule has 0 aliphatic carbocycles. The van der Waals surface area contributed by atoms with Gasteiger partial charge >= 0.3 is 0 Å². The Balaban J connectivity index is 1.67. The Morgan fingerprint density at radius 2 is 1.80 bits per heavy atom. The van der Waals surface area contributed by atoms with Crippen LogP contribution in [0.5, 0.6) is 0 Å². The number of amides is 1. The average Bonchev–Trinajstić information content (AvgIpc) is 2.75. The molecule has 30 heavy (non-hydrogen) atoms. The van der Waals surface area contributed by atoms with Crippen molar-refractivity contribution in [2.24, 2.45) is 0 Å². The van der Waals surface area contributed by atoms with Crippen LogP contribution in [0.15, 0.2) is 47.4 Å². The van der Waals surface area contributed by atoms with Gasteiger partial charge in [0.1, 0.15) is 5.82 Å². The maximum Gasteiger partial charge on any atom is 0.243 e. The fourth-order valence-corrected chi connectivity index (χ4v) is 4.93. The van der Waals surface area contributed by atoms with Crippen LogP contribution >= 0.6 is 11.6 Å². The fraction of sp³-hybridized carbons (Fsp3) is 0.381. The van der Waals surface area contributed by atoms with Crippen LogP contribution in [0, 0.1) is 5.82 Å². The van der Waals surface area contributed by atoms with Crippen LogP contribution in [0.3, 0.4) is 0 Å². The van der Waals surface area contributed by atoms with Gasteiger partial charge in [0.25, 0.3) is 0 Å². The van der Waals surface area contributed by atoms with E-state index in [4.69, 9.17) is 11.6 Å². The molecule has 2 aromatic rings. The number of halogens is 2. The third-order valence-corrected chi connectivity index (χ3v) is 7.29. The number of hydrogen-bond acceptors (Lipinski definition) is 4. The van der Waals surface area contributed by atoms with E-state index in [1.807, 2.05) is 0 Å². The van der Waals surface area contributed by atoms with Crippen molar-refractivity contribution in [1.82, 2.24) is 9.62 Å². The molecule has 1 atom stereocenters. The van der Waals surface area contributed by atoms with Crippen LogP contribution in [-0.4, -0.2) is 37.8 Å². The minimum Gasteiger partial charge on any atom is -0.323 e. The number of nitrogens with one attached hydrogen (secondary N) is 2. The minimum absolute atomic E-state index is 0.107. The average molecular weight is 454 g/mol. The molecule has 162 valence electrons. The van der Waals surface area contributed by atoms with Crippen LogP contribution < -0.4 is 10.6 Å². The molecule has 9 heteroatoms. The highest BCUT2D eigenvalue weighted by atomic mass is 35.5. The van der Waals surface area contributed by atoms with Crippen LogP contribution in [0.1, 0.15) is 31.7 Å². The van der Waals surface area contributed by atoms with Gasteiger partial charge in [-0.3, -0.25) is 4.79 Å². The lowest BCUT2D eigenvalue weighted by atomic mass is 10.2. The summed E-state index contributed by atoms with van der Waals surface area (Å²) in [4.78, 5) is 12.7. The van der Waals surface area contributed by atoms with Crippen molar-refractivity contribution < 1.29 is 17.6 Å². The number of benzene rings is 2. The molecule has 0 spiro atoms. The molecule has 0 aromatic heterocycles. The second kappa shape index (κ2) is 9.87. The molecule has 6 nitrogen and oxygen atoms in total. The maximum atomic E-state index is 13.0. The predicted molar refractivity (Wildman–Crippen MR) is 115 cm³/mol. The number of carbonyl (C=O) groups is 1. The summed E-state index contributed by atoms with van der Waals surface area (Å²) < 4.78 is 40.2. The number of carbonyl (C=O) groups excluding carboxylic acids is 1. The molecule has 1 heterocycles. The van der Waals surface area contributed by atoms with Crippen molar-refractivity contribution in [3.63, 3.8) is 0 Å². The number of anilines is 1. The fourth-order valence-electron chi connectivity index (χ4n) is 3.22. The molecular formula is C21H25ClFN3O3S. The number of hydrogen-bond donors (Lipinski definition) is 2. The van der Waals surface area contributed by atoms with E-state index in [9.17, 15) is 17.6 Å². The highest BCUT2D eigenvalue weighted by Gasteiger charge is 2.27. The molecule has 2 aromatic carbocycles. The first-order valence-corrected chi connectivity index (χ1v) is 11.7. The van der Waals surface area contributed by atoms with Crippen molar-refractivity contribution in [2.45, 2.75) is 43.7 Å². The normalized spacial score (nSPS) is 16.2. The van der Waals surface area contributed by atoms with Gasteiger partial charge < -0.3 is 10.6 Å². The molecule has 2 N–H and O–H groups in total. The topological polar surface area (TPSA) is 78.5 Å². The lowest BCUT2D eigenvalue weighted by Gasteiger charge is -2.26. The maximum absolute atomic E-state index is 13.0. The molecule has 1 aliphatic heterocycles. The Hall–Kier alpha value is -2.00. The van der Waals surface area contributed by atoms with Gasteiger partial charge in [-0.15, -0.1) is 0 Å². The number of sulfonamides is 1. The van der Waals surface area contributed by atoms with Gasteiger partial charge in [0, 0.05) is 19.6 Å². The number of piperidine rings is 1. The van der Waals surface area contributed by atoms with E-state index in [0.29, 0.717) is 19.6 Å². The lowest BCUT2D eigenvalue weighted by Crippen LogP contribution is -2.38. The van der Waals surface area contributed by atoms with E-state index in [-0.39, 0.29) is 27.3 Å². The smallest absolute Gasteiger partial charge is 0.243 e. The Labute approximate surface area is 181 Å². The Morgan fingerprint density at radius 3 is 2.47 bits per heavy atom. The predicted octanol–water partition coefficient (Wildman–Crippen LogP) is 3.77. The first-order valence-electron chi connectivity index (χ1n) is 9.86. The molecule has 0 unspecified atom stereocenters. The van der Waals surface area contributed by atoms with E-state index in [0.717, 1.165) is 24.8 Å². The van der Waals surface area contributed by atoms with Gasteiger partial charge in [-0.1, -0.05) is 30.2 Å². The summed E-state index contributed by atoms with van der Waals surface area (Å²) in [5.41, 5.74) is 1.08. The Kier molecular flexibility index (Phi) is 7.46. The SMILES string of the molecule is C[C@H](NCc1ccc(F)cc1)C(=O)Nc1cc(S(=O)(=O)N2CCCCC2)ccc1Cl. The van der Waals surface area contributed by atoms with E-state index in [1.54, 1.807) is 19.1 Å². The summed E-state index contributed by atoms with van der Waals surface area (Å²) in [7, 11) is -3.63. The van der Waals surface area contributed by atoms with E-state index < -0.39 is 16.1 Å². The zero-order chi connectivity index (χ0) is 21.7. The van der Waals surface area contributed by atoms with Gasteiger partial charge in [-0.25, -0.2) is 12.8 Å². The lowest BCUT2D eigenvalue weighted by molar-refractivity contribution is -0.117. The highest BCUT2D eigenvalue weighted by molar-refractivity contribution is 7.89. The number of rotatable bonds is 7. The summed E-state index contributed by atoms with van der Waals surface area (Å²) in [6.07, 6.45) is 2.71. The summed E-state index contributed by atoms with van der Waals surface area (Å²) in [5, 5.41) is 6.00. The van der Waals surface area contributed by atoms with Crippen LogP contribution in [0.4, 0.5) is 10.1 Å². The van der Waals surface area contributed by atoms with Gasteiger partial charge in [-0.05, 0) is 55.7 Å². The zero-order valence-corrected chi connectivity index (χ0v) is 18.3. The largest absolute Gasteiger partial charge is 0.323 e. The monoisotopic (exact) mass is 453 g/mol. The summed E-state index contributed by atoms with van der Waals surface area (Å²) in [6, 6.07) is 9.75. The first-order chi connectivity index (χ1) is 14.3. The minimum atomic E-state index is -3.63. The quantitative estimate of drug-likeness (QED) is 0.668. The highest BCUT2D eigenvalue weighted by Crippen LogP contribution is 2.28. The molecule has 0 bridgehead atoms. The molecule has 1 amide bonds. The van der Waals surface area contributed by atoms with Crippen molar-refractivity contribution in [2.75, 3.05) is 18.4 Å². The molecule has 1 saturated heterocycles. The zero-order valence-electron chi connectivity index (χ0n) is 16.7. The summed E-state index contributed by atoms with van der Waals surface area (Å²) in [6.45, 7) is 3.06.